The molecule has 0 bridgehead atoms. The number of phosphoric acid groups is 1. The molecule has 0 heterocycles. The smallest absolute Gasteiger partial charge is 0.456 e. The molecule has 462 valence electrons. The summed E-state index contributed by atoms with van der Waals surface area (Å²) in [6, 6.07) is -0.868. The van der Waals surface area contributed by atoms with Gasteiger partial charge in [-0.05, 0) is 109 Å². The molecule has 0 spiro atoms. The molecule has 0 aliphatic heterocycles. The van der Waals surface area contributed by atoms with Gasteiger partial charge in [0, 0.05) is 12.8 Å². The predicted molar refractivity (Wildman–Crippen MR) is 346 cm³/mol. The molecular weight excluding hydrogens is 1010 g/mol. The lowest BCUT2D eigenvalue weighted by Gasteiger charge is -2.27. The number of amides is 1. The van der Waals surface area contributed by atoms with E-state index in [4.69, 9.17) is 13.8 Å². The number of ether oxygens (including phenoxy) is 1. The summed E-state index contributed by atoms with van der Waals surface area (Å²) in [6.07, 6.45) is 79.8. The fourth-order valence-corrected chi connectivity index (χ4v) is 9.91. The molecule has 0 aliphatic rings. The second kappa shape index (κ2) is 59.1. The number of nitrogens with one attached hydrogen (secondary N) is 1. The van der Waals surface area contributed by atoms with E-state index in [1.54, 1.807) is 0 Å². The minimum atomic E-state index is -4.46. The van der Waals surface area contributed by atoms with Crippen molar-refractivity contribution in [2.75, 3.05) is 40.9 Å². The topological polar surface area (TPSA) is 111 Å². The Bertz CT molecular complexity index is 1690. The van der Waals surface area contributed by atoms with Gasteiger partial charge in [-0.1, -0.05) is 260 Å². The van der Waals surface area contributed by atoms with Crippen LogP contribution in [0.15, 0.2) is 97.2 Å². The fourth-order valence-electron chi connectivity index (χ4n) is 9.17. The molecule has 80 heavy (non-hydrogen) atoms. The molecule has 3 atom stereocenters. The van der Waals surface area contributed by atoms with Crippen molar-refractivity contribution in [2.45, 2.75) is 296 Å². The molecule has 0 aromatic rings. The highest BCUT2D eigenvalue weighted by atomic mass is 31.2. The number of rotatable bonds is 59. The number of quaternary nitrogens is 1. The van der Waals surface area contributed by atoms with E-state index in [2.05, 4.69) is 111 Å². The van der Waals surface area contributed by atoms with Crippen LogP contribution >= 0.6 is 7.82 Å². The van der Waals surface area contributed by atoms with Crippen LogP contribution in [0.5, 0.6) is 0 Å². The number of allylic oxidation sites excluding steroid dienone is 15. The zero-order valence-corrected chi connectivity index (χ0v) is 53.7. The SMILES string of the molecule is CC/C=C\C/C=C\C/C=C\C/C=C\C/C=C\CCCCCC(=O)OC(/C=C\CCCCCCCCCCCC)C(COP(=O)(O)OCC[N+](C)(C)C)NC(=O)CCCCCCCCCCCCCCC/C=C\C/C=C\CCCCC. The third kappa shape index (κ3) is 59.5. The van der Waals surface area contributed by atoms with Crippen LogP contribution in [0.2, 0.25) is 0 Å². The van der Waals surface area contributed by atoms with Crippen molar-refractivity contribution in [1.29, 1.82) is 0 Å². The van der Waals surface area contributed by atoms with Crippen molar-refractivity contribution < 1.29 is 37.3 Å². The third-order valence-electron chi connectivity index (χ3n) is 14.3. The summed E-state index contributed by atoms with van der Waals surface area (Å²) in [5.41, 5.74) is 0. The maximum absolute atomic E-state index is 13.6. The quantitative estimate of drug-likeness (QED) is 0.0205. The van der Waals surface area contributed by atoms with Crippen LogP contribution in [-0.2, 0) is 27.9 Å². The van der Waals surface area contributed by atoms with Gasteiger partial charge in [-0.3, -0.25) is 18.6 Å². The van der Waals surface area contributed by atoms with Crippen LogP contribution in [0, 0.1) is 0 Å². The fraction of sp³-hybridized carbons (Fsp3) is 0.743. The van der Waals surface area contributed by atoms with Gasteiger partial charge in [0.25, 0.3) is 0 Å². The van der Waals surface area contributed by atoms with Crippen LogP contribution in [0.1, 0.15) is 284 Å². The highest BCUT2D eigenvalue weighted by molar-refractivity contribution is 7.47. The van der Waals surface area contributed by atoms with Crippen molar-refractivity contribution in [3.63, 3.8) is 0 Å². The summed E-state index contributed by atoms with van der Waals surface area (Å²) < 4.78 is 30.7. The van der Waals surface area contributed by atoms with Crippen LogP contribution in [-0.4, -0.2) is 74.3 Å². The molecule has 0 aromatic heterocycles. The van der Waals surface area contributed by atoms with Gasteiger partial charge in [0.1, 0.15) is 19.3 Å². The van der Waals surface area contributed by atoms with Crippen LogP contribution in [0.4, 0.5) is 0 Å². The van der Waals surface area contributed by atoms with Gasteiger partial charge in [0.15, 0.2) is 0 Å². The van der Waals surface area contributed by atoms with Crippen molar-refractivity contribution >= 4 is 19.7 Å². The summed E-state index contributed by atoms with van der Waals surface area (Å²) in [5, 5.41) is 3.05. The molecule has 0 saturated carbocycles. The number of unbranched alkanes of at least 4 members (excludes halogenated alkanes) is 29. The first-order valence-electron chi connectivity index (χ1n) is 33.1. The number of likely N-dealkylation sites (N-methyl/N-ethyl adjacent to an activating group) is 1. The molecule has 0 rings (SSSR count). The Balaban J connectivity index is 5.21. The Morgan fingerprint density at radius 1 is 0.450 bits per heavy atom. The van der Waals surface area contributed by atoms with Crippen LogP contribution < -0.4 is 5.32 Å². The van der Waals surface area contributed by atoms with E-state index >= 15 is 0 Å². The molecule has 0 radical (unpaired) electrons. The largest absolute Gasteiger partial charge is 0.472 e. The van der Waals surface area contributed by atoms with Gasteiger partial charge in [-0.25, -0.2) is 4.57 Å². The summed E-state index contributed by atoms with van der Waals surface area (Å²) in [4.78, 5) is 37.8. The Kier molecular flexibility index (Phi) is 56.8. The second-order valence-electron chi connectivity index (χ2n) is 23.3. The molecule has 0 fully saturated rings. The Morgan fingerprint density at radius 2 is 0.800 bits per heavy atom. The lowest BCUT2D eigenvalue weighted by Crippen LogP contribution is -2.47. The third-order valence-corrected chi connectivity index (χ3v) is 15.2. The van der Waals surface area contributed by atoms with E-state index in [1.807, 2.05) is 33.3 Å². The zero-order chi connectivity index (χ0) is 58.6. The summed E-state index contributed by atoms with van der Waals surface area (Å²) in [5.74, 6) is -0.543. The molecule has 0 aliphatic carbocycles. The summed E-state index contributed by atoms with van der Waals surface area (Å²) in [7, 11) is 1.47. The highest BCUT2D eigenvalue weighted by Gasteiger charge is 2.30. The predicted octanol–water partition coefficient (Wildman–Crippen LogP) is 20.7. The highest BCUT2D eigenvalue weighted by Crippen LogP contribution is 2.43. The Morgan fingerprint density at radius 3 is 1.24 bits per heavy atom. The van der Waals surface area contributed by atoms with Crippen molar-refractivity contribution in [2.24, 2.45) is 0 Å². The van der Waals surface area contributed by atoms with Crippen molar-refractivity contribution in [3.05, 3.63) is 97.2 Å². The van der Waals surface area contributed by atoms with E-state index in [0.29, 0.717) is 23.9 Å². The van der Waals surface area contributed by atoms with Crippen molar-refractivity contribution in [3.8, 4) is 0 Å². The molecule has 0 aromatic carbocycles. The first-order valence-corrected chi connectivity index (χ1v) is 34.6. The lowest BCUT2D eigenvalue weighted by atomic mass is 10.0. The number of carbonyl (C=O) groups is 2. The van der Waals surface area contributed by atoms with Crippen LogP contribution in [0.3, 0.4) is 0 Å². The minimum absolute atomic E-state index is 0.0308. The van der Waals surface area contributed by atoms with Gasteiger partial charge < -0.3 is 19.4 Å². The number of hydrogen-bond acceptors (Lipinski definition) is 6. The Labute approximate surface area is 494 Å². The van der Waals surface area contributed by atoms with Crippen LogP contribution in [0.25, 0.3) is 0 Å². The number of hydrogen-bond donors (Lipinski definition) is 2. The van der Waals surface area contributed by atoms with E-state index in [-0.39, 0.29) is 31.5 Å². The molecule has 0 saturated heterocycles. The van der Waals surface area contributed by atoms with Crippen molar-refractivity contribution in [1.82, 2.24) is 5.32 Å². The number of esters is 1. The summed E-state index contributed by atoms with van der Waals surface area (Å²) in [6.45, 7) is 6.86. The van der Waals surface area contributed by atoms with E-state index in [0.717, 1.165) is 96.3 Å². The molecular formula is C70H126N2O7P+. The lowest BCUT2D eigenvalue weighted by molar-refractivity contribution is -0.870. The number of phosphoric ester groups is 1. The molecule has 2 N–H and O–H groups in total. The van der Waals surface area contributed by atoms with Gasteiger partial charge >= 0.3 is 13.8 Å². The number of carbonyl (C=O) groups excluding carboxylic acids is 2. The normalized spacial score (nSPS) is 14.2. The van der Waals surface area contributed by atoms with E-state index < -0.39 is 20.0 Å². The van der Waals surface area contributed by atoms with Gasteiger partial charge in [0.05, 0.1) is 33.8 Å². The molecule has 3 unspecified atom stereocenters. The average molecular weight is 1140 g/mol. The van der Waals surface area contributed by atoms with E-state index in [9.17, 15) is 19.0 Å². The molecule has 10 heteroatoms. The molecule has 1 amide bonds. The second-order valence-corrected chi connectivity index (χ2v) is 24.7. The monoisotopic (exact) mass is 1140 g/mol. The maximum Gasteiger partial charge on any atom is 0.472 e. The van der Waals surface area contributed by atoms with Gasteiger partial charge in [-0.2, -0.15) is 0 Å². The summed E-state index contributed by atoms with van der Waals surface area (Å²) >= 11 is 0. The average Bonchev–Trinajstić information content (AvgIpc) is 3.43. The molecule has 9 nitrogen and oxygen atoms in total. The standard InChI is InChI=1S/C70H125N2O7P/c1-7-10-13-16-19-22-25-28-30-32-34-35-36-37-39-40-42-44-47-50-53-56-59-62-69(73)71-67(66-78-80(75,76)77-65-64-72(4,5)6)68(61-58-55-52-49-46-27-24-21-18-15-12-9-3)79-70(74)63-60-57-54-51-48-45-43-41-38-33-31-29-26-23-20-17-14-11-8-2/h11,14,19-20,22-23,28-31,38,41,45,48,58,61,67-68H,7-10,12-13,15-18,21,24-27,32-37,39-40,42-44,46-47,49-57,59-60,62-66H2,1-6H3,(H-,71,73,75,76)/p+1/b14-11-,22-19-,23-20-,30-28-,31-29-,41-38-,48-45-,61-58-. The van der Waals surface area contributed by atoms with Gasteiger partial charge in [0.2, 0.25) is 5.91 Å². The number of nitrogens with zero attached hydrogens (tertiary/aromatic N) is 1. The maximum atomic E-state index is 13.6. The first-order chi connectivity index (χ1) is 38.9. The van der Waals surface area contributed by atoms with Gasteiger partial charge in [-0.15, -0.1) is 0 Å². The first kappa shape index (κ1) is 76.9. The van der Waals surface area contributed by atoms with E-state index in [1.165, 1.54) is 148 Å². The zero-order valence-electron chi connectivity index (χ0n) is 52.8. The minimum Gasteiger partial charge on any atom is -0.456 e. The Hall–Kier alpha value is -3.07.